The SMILES string of the molecule is C[Si](C)(O)c1cccc2cc(C(=O)C3CCC(c4cccc(CN)c4)CC3)ccc12. The van der Waals surface area contributed by atoms with E-state index in [0.717, 1.165) is 47.2 Å². The Kier molecular flexibility index (Phi) is 5.92. The van der Waals surface area contributed by atoms with Gasteiger partial charge in [-0.15, -0.1) is 0 Å². The number of carbonyl (C=O) groups excluding carboxylic acids is 1. The number of ketones is 1. The maximum atomic E-state index is 13.2. The van der Waals surface area contributed by atoms with E-state index >= 15 is 0 Å². The summed E-state index contributed by atoms with van der Waals surface area (Å²) < 4.78 is 0. The standard InChI is InChI=1S/C26H31NO2Si/c1-30(2,29)25-8-4-7-22-16-23(13-14-24(22)25)26(28)20-11-9-19(10-12-20)21-6-3-5-18(15-21)17-27/h3-8,13-16,19-20,29H,9-12,17,27H2,1-2H3. The second-order valence-corrected chi connectivity index (χ2v) is 12.8. The zero-order chi connectivity index (χ0) is 21.3. The van der Waals surface area contributed by atoms with Crippen LogP contribution < -0.4 is 10.9 Å². The van der Waals surface area contributed by atoms with Crippen molar-refractivity contribution in [2.45, 2.75) is 51.2 Å². The van der Waals surface area contributed by atoms with E-state index in [2.05, 4.69) is 24.3 Å². The molecule has 3 N–H and O–H groups in total. The predicted molar refractivity (Wildman–Crippen MR) is 127 cm³/mol. The zero-order valence-electron chi connectivity index (χ0n) is 17.9. The lowest BCUT2D eigenvalue weighted by Crippen LogP contribution is -2.41. The molecule has 0 aromatic heterocycles. The number of hydrogen-bond acceptors (Lipinski definition) is 3. The molecule has 4 rings (SSSR count). The molecule has 0 atom stereocenters. The van der Waals surface area contributed by atoms with Gasteiger partial charge in [-0.25, -0.2) is 0 Å². The van der Waals surface area contributed by atoms with E-state index in [1.165, 1.54) is 11.1 Å². The van der Waals surface area contributed by atoms with Crippen LogP contribution in [0.1, 0.15) is 53.1 Å². The van der Waals surface area contributed by atoms with Crippen molar-refractivity contribution in [3.8, 4) is 0 Å². The van der Waals surface area contributed by atoms with Crippen LogP contribution in [0.25, 0.3) is 10.8 Å². The molecule has 4 heteroatoms. The number of rotatable bonds is 5. The summed E-state index contributed by atoms with van der Waals surface area (Å²) in [6.07, 6.45) is 3.97. The summed E-state index contributed by atoms with van der Waals surface area (Å²) in [4.78, 5) is 23.8. The van der Waals surface area contributed by atoms with Crippen molar-refractivity contribution in [3.05, 3.63) is 77.4 Å². The Morgan fingerprint density at radius 2 is 1.73 bits per heavy atom. The van der Waals surface area contributed by atoms with E-state index < -0.39 is 8.32 Å². The topological polar surface area (TPSA) is 63.3 Å². The molecule has 1 saturated carbocycles. The number of hydrogen-bond donors (Lipinski definition) is 2. The van der Waals surface area contributed by atoms with Gasteiger partial charge in [-0.2, -0.15) is 0 Å². The van der Waals surface area contributed by atoms with E-state index in [1.807, 2.05) is 49.5 Å². The Hall–Kier alpha value is -2.27. The highest BCUT2D eigenvalue weighted by molar-refractivity contribution is 6.85. The van der Waals surface area contributed by atoms with Crippen LogP contribution in [-0.2, 0) is 6.54 Å². The van der Waals surface area contributed by atoms with Gasteiger partial charge in [0.1, 0.15) is 0 Å². The molecule has 0 bridgehead atoms. The third-order valence-electron chi connectivity index (χ3n) is 6.58. The molecule has 1 aliphatic rings. The van der Waals surface area contributed by atoms with E-state index in [1.54, 1.807) is 0 Å². The summed E-state index contributed by atoms with van der Waals surface area (Å²) in [5, 5.41) is 3.14. The summed E-state index contributed by atoms with van der Waals surface area (Å²) in [7, 11) is -2.41. The zero-order valence-corrected chi connectivity index (χ0v) is 18.9. The highest BCUT2D eigenvalue weighted by atomic mass is 28.4. The molecule has 0 saturated heterocycles. The van der Waals surface area contributed by atoms with Gasteiger partial charge in [-0.1, -0.05) is 54.6 Å². The summed E-state index contributed by atoms with van der Waals surface area (Å²) in [6, 6.07) is 20.6. The Morgan fingerprint density at radius 3 is 2.43 bits per heavy atom. The minimum absolute atomic E-state index is 0.100. The number of fused-ring (bicyclic) bond motifs is 1. The Morgan fingerprint density at radius 1 is 1.00 bits per heavy atom. The minimum atomic E-state index is -2.41. The number of carbonyl (C=O) groups is 1. The van der Waals surface area contributed by atoms with Gasteiger partial charge in [-0.3, -0.25) is 4.79 Å². The fraction of sp³-hybridized carbons (Fsp3) is 0.346. The first-order chi connectivity index (χ1) is 14.4. The first-order valence-corrected chi connectivity index (χ1v) is 13.9. The number of nitrogens with two attached hydrogens (primary N) is 1. The summed E-state index contributed by atoms with van der Waals surface area (Å²) in [6.45, 7) is 4.44. The van der Waals surface area contributed by atoms with Crippen molar-refractivity contribution < 1.29 is 9.59 Å². The largest absolute Gasteiger partial charge is 0.428 e. The molecular formula is C26H31NO2Si. The third kappa shape index (κ3) is 4.27. The summed E-state index contributed by atoms with van der Waals surface area (Å²) in [5.41, 5.74) is 9.12. The highest BCUT2D eigenvalue weighted by Crippen LogP contribution is 2.37. The van der Waals surface area contributed by atoms with Gasteiger partial charge < -0.3 is 10.5 Å². The number of Topliss-reactive ketones (excluding diaryl/α,β-unsaturated/α-hetero) is 1. The molecule has 0 heterocycles. The van der Waals surface area contributed by atoms with Gasteiger partial charge in [0.2, 0.25) is 8.32 Å². The minimum Gasteiger partial charge on any atom is -0.428 e. The van der Waals surface area contributed by atoms with Crippen LogP contribution in [-0.4, -0.2) is 18.9 Å². The second kappa shape index (κ2) is 8.46. The van der Waals surface area contributed by atoms with Crippen LogP contribution in [0.2, 0.25) is 13.1 Å². The fourth-order valence-corrected chi connectivity index (χ4v) is 6.26. The van der Waals surface area contributed by atoms with Crippen LogP contribution in [0.3, 0.4) is 0 Å². The molecule has 3 nitrogen and oxygen atoms in total. The van der Waals surface area contributed by atoms with Crippen molar-refractivity contribution in [2.75, 3.05) is 0 Å². The first-order valence-electron chi connectivity index (χ1n) is 11.0. The highest BCUT2D eigenvalue weighted by Gasteiger charge is 2.28. The number of benzene rings is 3. The van der Waals surface area contributed by atoms with Crippen molar-refractivity contribution in [3.63, 3.8) is 0 Å². The Labute approximate surface area is 180 Å². The maximum Gasteiger partial charge on any atom is 0.214 e. The molecule has 0 amide bonds. The smallest absolute Gasteiger partial charge is 0.214 e. The van der Waals surface area contributed by atoms with E-state index in [4.69, 9.17) is 5.73 Å². The van der Waals surface area contributed by atoms with E-state index in [9.17, 15) is 9.59 Å². The van der Waals surface area contributed by atoms with Gasteiger partial charge in [0, 0.05) is 18.0 Å². The van der Waals surface area contributed by atoms with Crippen molar-refractivity contribution in [1.82, 2.24) is 0 Å². The molecule has 3 aromatic rings. The third-order valence-corrected chi connectivity index (χ3v) is 8.33. The van der Waals surface area contributed by atoms with Crippen LogP contribution in [0.4, 0.5) is 0 Å². The molecule has 0 unspecified atom stereocenters. The van der Waals surface area contributed by atoms with Crippen molar-refractivity contribution >= 4 is 30.1 Å². The quantitative estimate of drug-likeness (QED) is 0.460. The summed E-state index contributed by atoms with van der Waals surface area (Å²) in [5.74, 6) is 0.886. The average molecular weight is 418 g/mol. The lowest BCUT2D eigenvalue weighted by molar-refractivity contribution is 0.0884. The van der Waals surface area contributed by atoms with Gasteiger partial charge >= 0.3 is 0 Å². The van der Waals surface area contributed by atoms with Crippen LogP contribution >= 0.6 is 0 Å². The molecule has 1 aliphatic carbocycles. The lowest BCUT2D eigenvalue weighted by atomic mass is 9.76. The van der Waals surface area contributed by atoms with Gasteiger partial charge in [-0.05, 0) is 77.8 Å². The molecular weight excluding hydrogens is 386 g/mol. The Balaban J connectivity index is 1.49. The monoisotopic (exact) mass is 417 g/mol. The molecule has 30 heavy (non-hydrogen) atoms. The molecule has 1 fully saturated rings. The average Bonchev–Trinajstić information content (AvgIpc) is 2.77. The molecule has 3 aromatic carbocycles. The van der Waals surface area contributed by atoms with Gasteiger partial charge in [0.05, 0.1) is 0 Å². The van der Waals surface area contributed by atoms with E-state index in [0.29, 0.717) is 12.5 Å². The summed E-state index contributed by atoms with van der Waals surface area (Å²) >= 11 is 0. The first kappa shape index (κ1) is 21.0. The molecule has 0 aliphatic heterocycles. The molecule has 0 spiro atoms. The van der Waals surface area contributed by atoms with Crippen LogP contribution in [0.5, 0.6) is 0 Å². The predicted octanol–water partition coefficient (Wildman–Crippen LogP) is 4.86. The van der Waals surface area contributed by atoms with Crippen molar-refractivity contribution in [1.29, 1.82) is 0 Å². The maximum absolute atomic E-state index is 13.2. The second-order valence-electron chi connectivity index (χ2n) is 9.16. The molecule has 0 radical (unpaired) electrons. The van der Waals surface area contributed by atoms with Crippen molar-refractivity contribution in [2.24, 2.45) is 11.7 Å². The van der Waals surface area contributed by atoms with Crippen LogP contribution in [0, 0.1) is 5.92 Å². The Bertz CT molecular complexity index is 1060. The lowest BCUT2D eigenvalue weighted by Gasteiger charge is -2.28. The van der Waals surface area contributed by atoms with E-state index in [-0.39, 0.29) is 11.7 Å². The van der Waals surface area contributed by atoms with Gasteiger partial charge in [0.25, 0.3) is 0 Å². The van der Waals surface area contributed by atoms with Gasteiger partial charge in [0.15, 0.2) is 5.78 Å². The normalized spacial score (nSPS) is 19.7. The van der Waals surface area contributed by atoms with Crippen LogP contribution in [0.15, 0.2) is 60.7 Å². The molecule has 156 valence electrons. The fourth-order valence-electron chi connectivity index (χ4n) is 4.87.